The van der Waals surface area contributed by atoms with Crippen LogP contribution in [0, 0.1) is 0 Å². The summed E-state index contributed by atoms with van der Waals surface area (Å²) in [7, 11) is 3.96. The van der Waals surface area contributed by atoms with Gasteiger partial charge in [0.05, 0.1) is 5.69 Å². The lowest BCUT2D eigenvalue weighted by Crippen LogP contribution is -2.16. The topological polar surface area (TPSA) is 28.2 Å². The smallest absolute Gasteiger partial charge is 0.185 e. The Bertz CT molecular complexity index is 512. The number of thiazole rings is 1. The molecule has 0 amide bonds. The summed E-state index contributed by atoms with van der Waals surface area (Å²) in [5.41, 5.74) is 2.19. The third-order valence-electron chi connectivity index (χ3n) is 2.59. The maximum Gasteiger partial charge on any atom is 0.185 e. The standard InChI is InChI=1S/C13H16ClN3S/c1-15-7-11-9-18-13(16-11)17(2)8-10-5-3-4-6-12(10)14/h3-6,9,15H,7-8H2,1-2H3. The summed E-state index contributed by atoms with van der Waals surface area (Å²) in [6.45, 7) is 1.57. The molecule has 0 radical (unpaired) electrons. The van der Waals surface area contributed by atoms with E-state index in [0.29, 0.717) is 0 Å². The molecule has 0 saturated heterocycles. The highest BCUT2D eigenvalue weighted by Crippen LogP contribution is 2.23. The molecule has 0 fully saturated rings. The van der Waals surface area contributed by atoms with Gasteiger partial charge in [-0.25, -0.2) is 4.98 Å². The second-order valence-corrected chi connectivity index (χ2v) is 5.34. The molecule has 0 aliphatic rings. The van der Waals surface area contributed by atoms with Crippen molar-refractivity contribution in [2.75, 3.05) is 19.0 Å². The lowest BCUT2D eigenvalue weighted by Gasteiger charge is -2.16. The molecule has 0 bridgehead atoms. The van der Waals surface area contributed by atoms with Crippen LogP contribution in [-0.2, 0) is 13.1 Å². The van der Waals surface area contributed by atoms with E-state index >= 15 is 0 Å². The van der Waals surface area contributed by atoms with E-state index < -0.39 is 0 Å². The first-order chi connectivity index (χ1) is 8.70. The summed E-state index contributed by atoms with van der Waals surface area (Å²) >= 11 is 7.81. The highest BCUT2D eigenvalue weighted by molar-refractivity contribution is 7.13. The maximum absolute atomic E-state index is 6.16. The fraction of sp³-hybridized carbons (Fsp3) is 0.308. The number of nitrogens with zero attached hydrogens (tertiary/aromatic N) is 2. The monoisotopic (exact) mass is 281 g/mol. The molecule has 2 rings (SSSR count). The first kappa shape index (κ1) is 13.3. The second kappa shape index (κ2) is 6.18. The Morgan fingerprint density at radius 3 is 2.89 bits per heavy atom. The summed E-state index contributed by atoms with van der Waals surface area (Å²) in [5.74, 6) is 0. The Morgan fingerprint density at radius 2 is 2.17 bits per heavy atom. The molecule has 1 heterocycles. The average Bonchev–Trinajstić information content (AvgIpc) is 2.81. The highest BCUT2D eigenvalue weighted by atomic mass is 35.5. The molecule has 1 aromatic carbocycles. The third-order valence-corrected chi connectivity index (χ3v) is 3.96. The van der Waals surface area contributed by atoms with E-state index in [1.54, 1.807) is 11.3 Å². The first-order valence-corrected chi connectivity index (χ1v) is 7.00. The van der Waals surface area contributed by atoms with Crippen LogP contribution >= 0.6 is 22.9 Å². The minimum Gasteiger partial charge on any atom is -0.347 e. The van der Waals surface area contributed by atoms with Crippen LogP contribution in [0.1, 0.15) is 11.3 Å². The van der Waals surface area contributed by atoms with Crippen LogP contribution in [0.15, 0.2) is 29.6 Å². The molecule has 0 atom stereocenters. The molecule has 0 spiro atoms. The predicted octanol–water partition coefficient (Wildman–Crippen LogP) is 3.15. The number of rotatable bonds is 5. The Balaban J connectivity index is 2.07. The zero-order valence-electron chi connectivity index (χ0n) is 10.5. The van der Waals surface area contributed by atoms with E-state index in [-0.39, 0.29) is 0 Å². The molecule has 1 aromatic heterocycles. The van der Waals surface area contributed by atoms with Crippen LogP contribution in [0.3, 0.4) is 0 Å². The van der Waals surface area contributed by atoms with Crippen LogP contribution < -0.4 is 10.2 Å². The molecular formula is C13H16ClN3S. The predicted molar refractivity (Wildman–Crippen MR) is 78.4 cm³/mol. The molecule has 1 N–H and O–H groups in total. The zero-order chi connectivity index (χ0) is 13.0. The second-order valence-electron chi connectivity index (χ2n) is 4.10. The Morgan fingerprint density at radius 1 is 1.39 bits per heavy atom. The van der Waals surface area contributed by atoms with Crippen molar-refractivity contribution in [2.45, 2.75) is 13.1 Å². The van der Waals surface area contributed by atoms with E-state index in [9.17, 15) is 0 Å². The van der Waals surface area contributed by atoms with Crippen molar-refractivity contribution < 1.29 is 0 Å². The number of aromatic nitrogens is 1. The summed E-state index contributed by atoms with van der Waals surface area (Å²) in [6, 6.07) is 7.91. The van der Waals surface area contributed by atoms with Crippen LogP contribution in [-0.4, -0.2) is 19.1 Å². The van der Waals surface area contributed by atoms with Crippen molar-refractivity contribution in [3.8, 4) is 0 Å². The molecular weight excluding hydrogens is 266 g/mol. The van der Waals surface area contributed by atoms with Gasteiger partial charge in [0.15, 0.2) is 5.13 Å². The SMILES string of the molecule is CNCc1csc(N(C)Cc2ccccc2Cl)n1. The Kier molecular flexibility index (Phi) is 4.58. The van der Waals surface area contributed by atoms with Gasteiger partial charge in [0.25, 0.3) is 0 Å². The van der Waals surface area contributed by atoms with Crippen LogP contribution in [0.25, 0.3) is 0 Å². The molecule has 96 valence electrons. The first-order valence-electron chi connectivity index (χ1n) is 5.74. The van der Waals surface area contributed by atoms with E-state index in [1.807, 2.05) is 38.4 Å². The highest BCUT2D eigenvalue weighted by Gasteiger charge is 2.08. The van der Waals surface area contributed by atoms with Crippen LogP contribution in [0.2, 0.25) is 5.02 Å². The fourth-order valence-corrected chi connectivity index (χ4v) is 2.67. The molecule has 0 saturated carbocycles. The zero-order valence-corrected chi connectivity index (χ0v) is 12.1. The van der Waals surface area contributed by atoms with Crippen molar-refractivity contribution in [1.29, 1.82) is 0 Å². The summed E-state index contributed by atoms with van der Waals surface area (Å²) in [4.78, 5) is 6.68. The third kappa shape index (κ3) is 3.22. The summed E-state index contributed by atoms with van der Waals surface area (Å²) in [5, 5.41) is 6.99. The van der Waals surface area contributed by atoms with Gasteiger partial charge >= 0.3 is 0 Å². The van der Waals surface area contributed by atoms with Gasteiger partial charge in [-0.15, -0.1) is 11.3 Å². The van der Waals surface area contributed by atoms with Crippen molar-refractivity contribution in [2.24, 2.45) is 0 Å². The van der Waals surface area contributed by atoms with Crippen molar-refractivity contribution in [3.05, 3.63) is 45.9 Å². The van der Waals surface area contributed by atoms with Gasteiger partial charge in [0, 0.05) is 30.5 Å². The van der Waals surface area contributed by atoms with E-state index in [1.165, 1.54) is 0 Å². The van der Waals surface area contributed by atoms with Crippen molar-refractivity contribution in [3.63, 3.8) is 0 Å². The summed E-state index contributed by atoms with van der Waals surface area (Å²) < 4.78 is 0. The van der Waals surface area contributed by atoms with Gasteiger partial charge in [0.2, 0.25) is 0 Å². The fourth-order valence-electron chi connectivity index (χ4n) is 1.68. The molecule has 18 heavy (non-hydrogen) atoms. The molecule has 0 unspecified atom stereocenters. The number of hydrogen-bond donors (Lipinski definition) is 1. The van der Waals surface area contributed by atoms with E-state index in [0.717, 1.165) is 34.5 Å². The molecule has 5 heteroatoms. The molecule has 0 aliphatic carbocycles. The number of anilines is 1. The Hall–Kier alpha value is -1.10. The lowest BCUT2D eigenvalue weighted by molar-refractivity contribution is 0.792. The van der Waals surface area contributed by atoms with Gasteiger partial charge < -0.3 is 10.2 Å². The lowest BCUT2D eigenvalue weighted by atomic mass is 10.2. The Labute approximate surface area is 116 Å². The minimum absolute atomic E-state index is 0.770. The normalized spacial score (nSPS) is 10.6. The number of hydrogen-bond acceptors (Lipinski definition) is 4. The van der Waals surface area contributed by atoms with Gasteiger partial charge in [-0.3, -0.25) is 0 Å². The number of halogens is 1. The van der Waals surface area contributed by atoms with Gasteiger partial charge in [-0.1, -0.05) is 29.8 Å². The quantitative estimate of drug-likeness (QED) is 0.912. The number of benzene rings is 1. The van der Waals surface area contributed by atoms with Crippen molar-refractivity contribution in [1.82, 2.24) is 10.3 Å². The average molecular weight is 282 g/mol. The number of nitrogens with one attached hydrogen (secondary N) is 1. The van der Waals surface area contributed by atoms with Crippen LogP contribution in [0.5, 0.6) is 0 Å². The largest absolute Gasteiger partial charge is 0.347 e. The maximum atomic E-state index is 6.16. The van der Waals surface area contributed by atoms with Crippen LogP contribution in [0.4, 0.5) is 5.13 Å². The molecule has 3 nitrogen and oxygen atoms in total. The summed E-state index contributed by atoms with van der Waals surface area (Å²) in [6.07, 6.45) is 0. The van der Waals surface area contributed by atoms with Gasteiger partial charge in [-0.2, -0.15) is 0 Å². The van der Waals surface area contributed by atoms with Gasteiger partial charge in [0.1, 0.15) is 0 Å². The molecule has 2 aromatic rings. The van der Waals surface area contributed by atoms with E-state index in [2.05, 4.69) is 20.6 Å². The van der Waals surface area contributed by atoms with E-state index in [4.69, 9.17) is 11.6 Å². The van der Waals surface area contributed by atoms with Crippen molar-refractivity contribution >= 4 is 28.1 Å². The minimum atomic E-state index is 0.770. The van der Waals surface area contributed by atoms with Gasteiger partial charge in [-0.05, 0) is 18.7 Å². The molecule has 0 aliphatic heterocycles.